The van der Waals surface area contributed by atoms with E-state index in [2.05, 4.69) is 4.65 Å². The molecule has 1 aliphatic carbocycles. The normalized spacial score (nSPS) is 39.2. The van der Waals surface area contributed by atoms with E-state index in [0.29, 0.717) is 0 Å². The van der Waals surface area contributed by atoms with E-state index in [4.69, 9.17) is 5.11 Å². The summed E-state index contributed by atoms with van der Waals surface area (Å²) in [6, 6.07) is 0. The van der Waals surface area contributed by atoms with Crippen molar-refractivity contribution in [3.8, 4) is 0 Å². The van der Waals surface area contributed by atoms with E-state index in [0.717, 1.165) is 0 Å². The molecule has 1 saturated carbocycles. The second-order valence-corrected chi connectivity index (χ2v) is 3.73. The van der Waals surface area contributed by atoms with Crippen LogP contribution in [-0.2, 0) is 9.45 Å². The van der Waals surface area contributed by atoms with Gasteiger partial charge in [-0.15, -0.1) is 0 Å². The molecule has 9 heteroatoms. The van der Waals surface area contributed by atoms with Gasteiger partial charge in [-0.25, -0.2) is 8.63 Å². The standard InChI is InChI=1S/C7H11BF2O6/c9-8(10)16-6(14)7(15)1-3(11)5(13)4(12)2-7/h3-5,11-13,15H,1-2H2/t3-,4-,5?,7?/m1/s1. The zero-order chi connectivity index (χ0) is 12.5. The second-order valence-electron chi connectivity index (χ2n) is 3.73. The summed E-state index contributed by atoms with van der Waals surface area (Å²) in [5.74, 6) is -1.63. The maximum atomic E-state index is 11.8. The monoisotopic (exact) mass is 240 g/mol. The van der Waals surface area contributed by atoms with E-state index in [-0.39, 0.29) is 0 Å². The van der Waals surface area contributed by atoms with Crippen LogP contribution in [0.3, 0.4) is 0 Å². The summed E-state index contributed by atoms with van der Waals surface area (Å²) < 4.78 is 27.0. The third-order valence-electron chi connectivity index (χ3n) is 2.46. The van der Waals surface area contributed by atoms with Gasteiger partial charge in [-0.1, -0.05) is 0 Å². The molecule has 0 unspecified atom stereocenters. The molecule has 6 nitrogen and oxygen atoms in total. The lowest BCUT2D eigenvalue weighted by atomic mass is 9.79. The molecule has 16 heavy (non-hydrogen) atoms. The van der Waals surface area contributed by atoms with E-state index in [9.17, 15) is 28.7 Å². The number of rotatable bonds is 2. The van der Waals surface area contributed by atoms with Gasteiger partial charge in [0.2, 0.25) is 0 Å². The molecule has 4 N–H and O–H groups in total. The SMILES string of the molecule is O=C(OB(F)F)C1(O)C[C@@H](O)C(O)[C@H](O)C1. The number of hydrogen-bond acceptors (Lipinski definition) is 6. The molecule has 1 rings (SSSR count). The summed E-state index contributed by atoms with van der Waals surface area (Å²) in [5, 5.41) is 37.1. The van der Waals surface area contributed by atoms with Crippen molar-refractivity contribution in [1.82, 2.24) is 0 Å². The maximum Gasteiger partial charge on any atom is 0.798 e. The minimum Gasteiger partial charge on any atom is -0.476 e. The van der Waals surface area contributed by atoms with Crippen molar-refractivity contribution in [3.63, 3.8) is 0 Å². The van der Waals surface area contributed by atoms with Crippen molar-refractivity contribution in [2.45, 2.75) is 36.8 Å². The third-order valence-corrected chi connectivity index (χ3v) is 2.46. The van der Waals surface area contributed by atoms with Gasteiger partial charge in [0.15, 0.2) is 5.60 Å². The van der Waals surface area contributed by atoms with Crippen molar-refractivity contribution in [1.29, 1.82) is 0 Å². The highest BCUT2D eigenvalue weighted by Gasteiger charge is 2.50. The number of hydrogen-bond donors (Lipinski definition) is 4. The van der Waals surface area contributed by atoms with Crippen molar-refractivity contribution in [2.75, 3.05) is 0 Å². The molecule has 92 valence electrons. The zero-order valence-electron chi connectivity index (χ0n) is 8.08. The molecular formula is C7H11BF2O6. The first kappa shape index (κ1) is 13.3. The van der Waals surface area contributed by atoms with Crippen LogP contribution < -0.4 is 0 Å². The lowest BCUT2D eigenvalue weighted by Gasteiger charge is -2.38. The van der Waals surface area contributed by atoms with Crippen molar-refractivity contribution >= 4 is 13.4 Å². The second kappa shape index (κ2) is 4.62. The van der Waals surface area contributed by atoms with Crippen LogP contribution in [0.5, 0.6) is 0 Å². The molecule has 0 bridgehead atoms. The van der Waals surface area contributed by atoms with Gasteiger partial charge in [-0.2, -0.15) is 0 Å². The van der Waals surface area contributed by atoms with E-state index in [1.807, 2.05) is 0 Å². The Morgan fingerprint density at radius 2 is 1.69 bits per heavy atom. The van der Waals surface area contributed by atoms with Gasteiger partial charge in [0.1, 0.15) is 6.10 Å². The molecule has 0 saturated heterocycles. The maximum absolute atomic E-state index is 11.8. The average Bonchev–Trinajstić information content (AvgIpc) is 2.13. The van der Waals surface area contributed by atoms with Crippen molar-refractivity contribution in [2.24, 2.45) is 0 Å². The van der Waals surface area contributed by atoms with E-state index in [1.54, 1.807) is 0 Å². The molecule has 0 heterocycles. The number of aliphatic hydroxyl groups is 4. The Morgan fingerprint density at radius 1 is 1.25 bits per heavy atom. The van der Waals surface area contributed by atoms with Crippen LogP contribution in [0.15, 0.2) is 0 Å². The highest BCUT2D eigenvalue weighted by Crippen LogP contribution is 2.30. The number of carbonyl (C=O) groups excluding carboxylic acids is 1. The van der Waals surface area contributed by atoms with Crippen molar-refractivity contribution < 1.29 is 38.5 Å². The van der Waals surface area contributed by atoms with Gasteiger partial charge in [0.25, 0.3) is 0 Å². The van der Waals surface area contributed by atoms with Crippen LogP contribution in [0.1, 0.15) is 12.8 Å². The van der Waals surface area contributed by atoms with Crippen LogP contribution >= 0.6 is 0 Å². The van der Waals surface area contributed by atoms with Crippen LogP contribution in [0, 0.1) is 0 Å². The first-order chi connectivity index (χ1) is 7.26. The highest BCUT2D eigenvalue weighted by molar-refractivity contribution is 6.37. The van der Waals surface area contributed by atoms with Gasteiger partial charge in [0.05, 0.1) is 12.2 Å². The van der Waals surface area contributed by atoms with Gasteiger partial charge < -0.3 is 25.1 Å². The molecule has 0 aliphatic heterocycles. The molecule has 0 amide bonds. The van der Waals surface area contributed by atoms with Gasteiger partial charge in [-0.3, -0.25) is 4.79 Å². The highest BCUT2D eigenvalue weighted by atomic mass is 19.2. The van der Waals surface area contributed by atoms with Crippen molar-refractivity contribution in [3.05, 3.63) is 0 Å². The van der Waals surface area contributed by atoms with Crippen LogP contribution in [0.2, 0.25) is 0 Å². The predicted molar refractivity (Wildman–Crippen MR) is 46.3 cm³/mol. The molecule has 1 aliphatic rings. The predicted octanol–water partition coefficient (Wildman–Crippen LogP) is -1.94. The van der Waals surface area contributed by atoms with Gasteiger partial charge >= 0.3 is 13.4 Å². The summed E-state index contributed by atoms with van der Waals surface area (Å²) in [5.41, 5.74) is -2.41. The Morgan fingerprint density at radius 3 is 2.06 bits per heavy atom. The molecule has 0 radical (unpaired) electrons. The Bertz CT molecular complexity index is 264. The fraction of sp³-hybridized carbons (Fsp3) is 0.857. The minimum atomic E-state index is -3.39. The molecule has 0 aromatic rings. The van der Waals surface area contributed by atoms with Gasteiger partial charge in [0, 0.05) is 12.8 Å². The molecule has 2 atom stereocenters. The number of aliphatic hydroxyl groups excluding tert-OH is 3. The lowest BCUT2D eigenvalue weighted by molar-refractivity contribution is -0.185. The first-order valence-electron chi connectivity index (χ1n) is 4.52. The smallest absolute Gasteiger partial charge is 0.476 e. The Labute approximate surface area is 89.7 Å². The summed E-state index contributed by atoms with van der Waals surface area (Å²) in [6.45, 7) is 0. The Kier molecular flexibility index (Phi) is 3.84. The minimum absolute atomic E-state index is 0.670. The third kappa shape index (κ3) is 2.67. The quantitative estimate of drug-likeness (QED) is 0.418. The van der Waals surface area contributed by atoms with E-state index in [1.165, 1.54) is 0 Å². The lowest BCUT2D eigenvalue weighted by Crippen LogP contribution is -2.56. The van der Waals surface area contributed by atoms with E-state index >= 15 is 0 Å². The molecule has 0 aromatic carbocycles. The molecule has 1 fully saturated rings. The van der Waals surface area contributed by atoms with Crippen LogP contribution in [0.4, 0.5) is 8.63 Å². The summed E-state index contributed by atoms with van der Waals surface area (Å²) in [6.07, 6.45) is -6.04. The number of carbonyl (C=O) groups is 1. The largest absolute Gasteiger partial charge is 0.798 e. The topological polar surface area (TPSA) is 107 Å². The van der Waals surface area contributed by atoms with E-state index < -0.39 is 50.2 Å². The fourth-order valence-electron chi connectivity index (χ4n) is 1.63. The summed E-state index contributed by atoms with van der Waals surface area (Å²) >= 11 is 0. The molecule has 0 aromatic heterocycles. The fourth-order valence-corrected chi connectivity index (χ4v) is 1.63. The molecular weight excluding hydrogens is 229 g/mol. The zero-order valence-corrected chi connectivity index (χ0v) is 8.08. The number of halogens is 2. The molecule has 0 spiro atoms. The van der Waals surface area contributed by atoms with Gasteiger partial charge in [-0.05, 0) is 0 Å². The average molecular weight is 240 g/mol. The van der Waals surface area contributed by atoms with Crippen LogP contribution in [-0.4, -0.2) is 57.8 Å². The Hall–Kier alpha value is -0.765. The Balaban J connectivity index is 2.74. The summed E-state index contributed by atoms with van der Waals surface area (Å²) in [4.78, 5) is 11.1. The van der Waals surface area contributed by atoms with Crippen LogP contribution in [0.25, 0.3) is 0 Å². The summed E-state index contributed by atoms with van der Waals surface area (Å²) in [7, 11) is -3.39. The first-order valence-corrected chi connectivity index (χ1v) is 4.52.